The number of carbonyl (C=O) groups is 1. The molecule has 0 aliphatic rings. The first kappa shape index (κ1) is 14.9. The van der Waals surface area contributed by atoms with E-state index in [2.05, 4.69) is 10.5 Å². The Morgan fingerprint density at radius 3 is 2.68 bits per heavy atom. The third kappa shape index (κ3) is 5.37. The summed E-state index contributed by atoms with van der Waals surface area (Å²) in [4.78, 5) is 11.3. The van der Waals surface area contributed by atoms with Gasteiger partial charge in [0.15, 0.2) is 11.6 Å². The van der Waals surface area contributed by atoms with Gasteiger partial charge < -0.3 is 9.47 Å². The predicted molar refractivity (Wildman–Crippen MR) is 69.9 cm³/mol. The van der Waals surface area contributed by atoms with Crippen LogP contribution in [0.25, 0.3) is 0 Å². The van der Waals surface area contributed by atoms with E-state index in [1.807, 2.05) is 0 Å². The van der Waals surface area contributed by atoms with Crippen LogP contribution in [0, 0.1) is 5.82 Å². The van der Waals surface area contributed by atoms with Gasteiger partial charge in [-0.3, -0.25) is 0 Å². The van der Waals surface area contributed by atoms with Crippen LogP contribution in [-0.2, 0) is 4.74 Å². The molecular weight excluding hydrogens is 251 g/mol. The van der Waals surface area contributed by atoms with Crippen LogP contribution in [0.15, 0.2) is 23.3 Å². The van der Waals surface area contributed by atoms with Crippen molar-refractivity contribution in [3.63, 3.8) is 0 Å². The topological polar surface area (TPSA) is 59.9 Å². The normalized spacial score (nSPS) is 11.4. The lowest BCUT2D eigenvalue weighted by atomic mass is 10.2. The number of nitrogens with zero attached hydrogens (tertiary/aromatic N) is 1. The van der Waals surface area contributed by atoms with Crippen molar-refractivity contribution in [1.29, 1.82) is 0 Å². The van der Waals surface area contributed by atoms with E-state index >= 15 is 0 Å². The maximum absolute atomic E-state index is 13.1. The van der Waals surface area contributed by atoms with Gasteiger partial charge in [-0.1, -0.05) is 6.07 Å². The Bertz CT molecular complexity index is 481. The second-order valence-electron chi connectivity index (χ2n) is 4.77. The first-order chi connectivity index (χ1) is 8.81. The number of hydrogen-bond donors (Lipinski definition) is 1. The molecule has 0 atom stereocenters. The molecule has 0 unspecified atom stereocenters. The van der Waals surface area contributed by atoms with Crippen molar-refractivity contribution in [2.75, 3.05) is 7.11 Å². The molecule has 0 saturated heterocycles. The lowest BCUT2D eigenvalue weighted by molar-refractivity contribution is 0.0529. The Hall–Kier alpha value is -2.11. The van der Waals surface area contributed by atoms with E-state index in [9.17, 15) is 9.18 Å². The van der Waals surface area contributed by atoms with Gasteiger partial charge in [-0.05, 0) is 38.5 Å². The molecule has 19 heavy (non-hydrogen) atoms. The van der Waals surface area contributed by atoms with Crippen LogP contribution in [0.2, 0.25) is 0 Å². The number of nitrogens with one attached hydrogen (secondary N) is 1. The van der Waals surface area contributed by atoms with E-state index in [1.165, 1.54) is 31.5 Å². The van der Waals surface area contributed by atoms with E-state index in [0.717, 1.165) is 0 Å². The number of hydrazone groups is 1. The summed E-state index contributed by atoms with van der Waals surface area (Å²) in [5.74, 6) is -0.346. The summed E-state index contributed by atoms with van der Waals surface area (Å²) in [6.07, 6.45) is 0.712. The van der Waals surface area contributed by atoms with Gasteiger partial charge in [0.2, 0.25) is 0 Å². The Morgan fingerprint density at radius 2 is 2.11 bits per heavy atom. The van der Waals surface area contributed by atoms with Gasteiger partial charge in [0.05, 0.1) is 13.3 Å². The zero-order chi connectivity index (χ0) is 14.5. The first-order valence-electron chi connectivity index (χ1n) is 5.67. The fraction of sp³-hybridized carbons (Fsp3) is 0.385. The fourth-order valence-corrected chi connectivity index (χ4v) is 1.22. The molecule has 104 valence electrons. The number of rotatable bonds is 3. The number of halogens is 1. The molecule has 0 spiro atoms. The lowest BCUT2D eigenvalue weighted by Gasteiger charge is -2.18. The van der Waals surface area contributed by atoms with Gasteiger partial charge in [0.25, 0.3) is 0 Å². The second-order valence-corrected chi connectivity index (χ2v) is 4.77. The van der Waals surface area contributed by atoms with Crippen molar-refractivity contribution in [2.45, 2.75) is 26.4 Å². The van der Waals surface area contributed by atoms with Crippen LogP contribution < -0.4 is 10.2 Å². The molecule has 0 radical (unpaired) electrons. The number of benzene rings is 1. The van der Waals surface area contributed by atoms with Crippen LogP contribution in [0.5, 0.6) is 5.75 Å². The molecule has 0 bridgehead atoms. The highest BCUT2D eigenvalue weighted by Gasteiger charge is 2.15. The minimum atomic E-state index is -0.655. The average molecular weight is 268 g/mol. The molecule has 1 aromatic carbocycles. The van der Waals surface area contributed by atoms with Crippen molar-refractivity contribution < 1.29 is 18.7 Å². The molecule has 0 aliphatic carbocycles. The molecule has 0 heterocycles. The van der Waals surface area contributed by atoms with Crippen LogP contribution in [0.1, 0.15) is 26.3 Å². The molecule has 5 nitrogen and oxygen atoms in total. The minimum Gasteiger partial charge on any atom is -0.494 e. The highest BCUT2D eigenvalue weighted by atomic mass is 19.1. The molecule has 1 amide bonds. The Kier molecular flexibility index (Phi) is 4.86. The molecule has 1 rings (SSSR count). The SMILES string of the molecule is COc1cc(/C=N/NC(=O)OC(C)(C)C)ccc1F. The zero-order valence-electron chi connectivity index (χ0n) is 11.4. The quantitative estimate of drug-likeness (QED) is 0.677. The monoisotopic (exact) mass is 268 g/mol. The predicted octanol–water partition coefficient (Wildman–Crippen LogP) is 2.69. The first-order valence-corrected chi connectivity index (χ1v) is 5.67. The van der Waals surface area contributed by atoms with E-state index in [1.54, 1.807) is 20.8 Å². The number of methoxy groups -OCH3 is 1. The smallest absolute Gasteiger partial charge is 0.428 e. The summed E-state index contributed by atoms with van der Waals surface area (Å²) >= 11 is 0. The maximum atomic E-state index is 13.1. The van der Waals surface area contributed by atoms with Crippen molar-refractivity contribution in [1.82, 2.24) is 5.43 Å². The van der Waals surface area contributed by atoms with Crippen LogP contribution in [-0.4, -0.2) is 25.0 Å². The molecule has 0 aliphatic heterocycles. The van der Waals surface area contributed by atoms with Crippen molar-refractivity contribution >= 4 is 12.3 Å². The van der Waals surface area contributed by atoms with E-state index < -0.39 is 17.5 Å². The maximum Gasteiger partial charge on any atom is 0.428 e. The van der Waals surface area contributed by atoms with Gasteiger partial charge in [-0.25, -0.2) is 14.6 Å². The Balaban J connectivity index is 2.60. The van der Waals surface area contributed by atoms with Crippen molar-refractivity contribution in [3.8, 4) is 5.75 Å². The molecular formula is C13H17FN2O3. The van der Waals surface area contributed by atoms with Gasteiger partial charge in [0, 0.05) is 0 Å². The van der Waals surface area contributed by atoms with Crippen LogP contribution in [0.4, 0.5) is 9.18 Å². The largest absolute Gasteiger partial charge is 0.494 e. The van der Waals surface area contributed by atoms with Gasteiger partial charge >= 0.3 is 6.09 Å². The third-order valence-corrected chi connectivity index (χ3v) is 1.94. The average Bonchev–Trinajstić information content (AvgIpc) is 2.29. The summed E-state index contributed by atoms with van der Waals surface area (Å²) in [5.41, 5.74) is 2.22. The summed E-state index contributed by atoms with van der Waals surface area (Å²) in [6.45, 7) is 5.25. The fourth-order valence-electron chi connectivity index (χ4n) is 1.22. The molecule has 0 saturated carbocycles. The summed E-state index contributed by atoms with van der Waals surface area (Å²) < 4.78 is 23.0. The zero-order valence-corrected chi connectivity index (χ0v) is 11.4. The summed E-state index contributed by atoms with van der Waals surface area (Å²) in [5, 5.41) is 3.70. The molecule has 1 N–H and O–H groups in total. The number of amides is 1. The van der Waals surface area contributed by atoms with E-state index in [0.29, 0.717) is 5.56 Å². The van der Waals surface area contributed by atoms with E-state index in [-0.39, 0.29) is 5.75 Å². The minimum absolute atomic E-state index is 0.112. The molecule has 0 aromatic heterocycles. The lowest BCUT2D eigenvalue weighted by Crippen LogP contribution is -2.29. The highest BCUT2D eigenvalue weighted by Crippen LogP contribution is 2.16. The second kappa shape index (κ2) is 6.17. The van der Waals surface area contributed by atoms with Crippen molar-refractivity contribution in [3.05, 3.63) is 29.6 Å². The third-order valence-electron chi connectivity index (χ3n) is 1.94. The van der Waals surface area contributed by atoms with Gasteiger partial charge in [-0.2, -0.15) is 5.10 Å². The number of hydrogen-bond acceptors (Lipinski definition) is 4. The Labute approximate surface area is 111 Å². The van der Waals surface area contributed by atoms with Gasteiger partial charge in [-0.15, -0.1) is 0 Å². The Morgan fingerprint density at radius 1 is 1.42 bits per heavy atom. The summed E-state index contributed by atoms with van der Waals surface area (Å²) in [6, 6.07) is 4.24. The standard InChI is InChI=1S/C13H17FN2O3/c1-13(2,3)19-12(17)16-15-8-9-5-6-10(14)11(7-9)18-4/h5-8H,1-4H3,(H,16,17)/b15-8+. The van der Waals surface area contributed by atoms with Crippen LogP contribution in [0.3, 0.4) is 0 Å². The summed E-state index contributed by atoms with van der Waals surface area (Å²) in [7, 11) is 1.37. The molecule has 1 aromatic rings. The molecule has 0 fully saturated rings. The van der Waals surface area contributed by atoms with Gasteiger partial charge in [0.1, 0.15) is 5.60 Å². The van der Waals surface area contributed by atoms with E-state index in [4.69, 9.17) is 9.47 Å². The van der Waals surface area contributed by atoms with Crippen LogP contribution >= 0.6 is 0 Å². The highest BCUT2D eigenvalue weighted by molar-refractivity contribution is 5.81. The number of ether oxygens (including phenoxy) is 2. The van der Waals surface area contributed by atoms with Crippen molar-refractivity contribution in [2.24, 2.45) is 5.10 Å². The molecule has 6 heteroatoms. The number of carbonyl (C=O) groups excluding carboxylic acids is 1.